The molecule has 1 N–H and O–H groups in total. The smallest absolute Gasteiger partial charge is 0.269 e. The first-order valence-electron chi connectivity index (χ1n) is 7.60. The highest BCUT2D eigenvalue weighted by atomic mass is 79.9. The van der Waals surface area contributed by atoms with Crippen LogP contribution in [0, 0.1) is 16.0 Å². The molecule has 0 fully saturated rings. The molecule has 0 spiro atoms. The molecule has 1 aliphatic heterocycles. The predicted octanol–water partition coefficient (Wildman–Crippen LogP) is 5.18. The van der Waals surface area contributed by atoms with E-state index in [1.807, 2.05) is 12.1 Å². The number of nitro groups is 1. The lowest BCUT2D eigenvalue weighted by molar-refractivity contribution is -0.384. The maximum absolute atomic E-state index is 10.8. The first kappa shape index (κ1) is 14.5. The van der Waals surface area contributed by atoms with Crippen LogP contribution < -0.4 is 5.32 Å². The third-order valence-corrected chi connectivity index (χ3v) is 5.28. The monoisotopic (exact) mass is 370 g/mol. The van der Waals surface area contributed by atoms with Crippen molar-refractivity contribution in [1.82, 2.24) is 0 Å². The molecule has 2 aromatic rings. The average Bonchev–Trinajstić information content (AvgIpc) is 3.03. The highest BCUT2D eigenvalue weighted by Gasteiger charge is 2.37. The molecule has 2 aliphatic rings. The number of rotatable bonds is 2. The first-order chi connectivity index (χ1) is 11.1. The molecule has 3 atom stereocenters. The van der Waals surface area contributed by atoms with Gasteiger partial charge >= 0.3 is 0 Å². The van der Waals surface area contributed by atoms with E-state index in [9.17, 15) is 10.1 Å². The summed E-state index contributed by atoms with van der Waals surface area (Å²) in [5, 5.41) is 14.5. The van der Waals surface area contributed by atoms with Crippen molar-refractivity contribution in [3.8, 4) is 0 Å². The van der Waals surface area contributed by atoms with Crippen LogP contribution in [0.3, 0.4) is 0 Å². The van der Waals surface area contributed by atoms with Crippen molar-refractivity contribution >= 4 is 27.3 Å². The summed E-state index contributed by atoms with van der Waals surface area (Å²) in [4.78, 5) is 10.5. The van der Waals surface area contributed by atoms with Gasteiger partial charge in [-0.3, -0.25) is 10.1 Å². The zero-order chi connectivity index (χ0) is 16.0. The Bertz CT molecular complexity index is 801. The van der Waals surface area contributed by atoms with Crippen LogP contribution in [0.2, 0.25) is 0 Å². The Kier molecular flexibility index (Phi) is 3.45. The van der Waals surface area contributed by atoms with E-state index in [0.717, 1.165) is 22.1 Å². The van der Waals surface area contributed by atoms with E-state index >= 15 is 0 Å². The number of allylic oxidation sites excluding steroid dienone is 2. The van der Waals surface area contributed by atoms with E-state index in [1.165, 1.54) is 5.56 Å². The molecule has 23 heavy (non-hydrogen) atoms. The van der Waals surface area contributed by atoms with Crippen molar-refractivity contribution < 1.29 is 4.92 Å². The van der Waals surface area contributed by atoms with Gasteiger partial charge in [0.2, 0.25) is 0 Å². The second kappa shape index (κ2) is 5.49. The Morgan fingerprint density at radius 3 is 2.70 bits per heavy atom. The van der Waals surface area contributed by atoms with Crippen molar-refractivity contribution in [2.24, 2.45) is 5.92 Å². The van der Waals surface area contributed by atoms with Gasteiger partial charge in [-0.1, -0.05) is 46.3 Å². The van der Waals surface area contributed by atoms with Crippen molar-refractivity contribution in [3.05, 3.63) is 80.3 Å². The number of halogens is 1. The summed E-state index contributed by atoms with van der Waals surface area (Å²) in [6.45, 7) is 0. The molecule has 5 heteroatoms. The average molecular weight is 371 g/mol. The summed E-state index contributed by atoms with van der Waals surface area (Å²) in [5.74, 6) is 0.852. The SMILES string of the molecule is O=[N+]([O-])c1ccc([C@H]2Nc3cc(Br)ccc3[C@@H]3C=CC[C@H]23)cc1. The Labute approximate surface area is 142 Å². The van der Waals surface area contributed by atoms with Crippen molar-refractivity contribution in [2.75, 3.05) is 5.32 Å². The zero-order valence-electron chi connectivity index (χ0n) is 12.3. The second-order valence-corrected chi connectivity index (χ2v) is 6.97. The topological polar surface area (TPSA) is 55.2 Å². The van der Waals surface area contributed by atoms with Gasteiger partial charge in [0.05, 0.1) is 11.0 Å². The van der Waals surface area contributed by atoms with Gasteiger partial charge in [-0.05, 0) is 35.6 Å². The number of anilines is 1. The minimum Gasteiger partial charge on any atom is -0.378 e. The maximum atomic E-state index is 10.8. The molecule has 1 heterocycles. The van der Waals surface area contributed by atoms with Crippen LogP contribution in [0.5, 0.6) is 0 Å². The fourth-order valence-electron chi connectivity index (χ4n) is 3.70. The number of fused-ring (bicyclic) bond motifs is 3. The van der Waals surface area contributed by atoms with Crippen LogP contribution >= 0.6 is 15.9 Å². The van der Waals surface area contributed by atoms with Gasteiger partial charge < -0.3 is 5.32 Å². The zero-order valence-corrected chi connectivity index (χ0v) is 13.9. The molecule has 0 unspecified atom stereocenters. The normalized spacial score (nSPS) is 24.7. The van der Waals surface area contributed by atoms with Crippen LogP contribution in [0.1, 0.15) is 29.5 Å². The highest BCUT2D eigenvalue weighted by Crippen LogP contribution is 2.50. The number of nitrogens with one attached hydrogen (secondary N) is 1. The van der Waals surface area contributed by atoms with Crippen LogP contribution in [0.4, 0.5) is 11.4 Å². The number of hydrogen-bond donors (Lipinski definition) is 1. The number of hydrogen-bond acceptors (Lipinski definition) is 3. The second-order valence-electron chi connectivity index (χ2n) is 6.06. The van der Waals surface area contributed by atoms with E-state index in [-0.39, 0.29) is 16.7 Å². The fraction of sp³-hybridized carbons (Fsp3) is 0.222. The van der Waals surface area contributed by atoms with Gasteiger partial charge in [0.15, 0.2) is 0 Å². The lowest BCUT2D eigenvalue weighted by Crippen LogP contribution is -2.29. The van der Waals surface area contributed by atoms with Gasteiger partial charge in [0.1, 0.15) is 0 Å². The summed E-state index contributed by atoms with van der Waals surface area (Å²) in [6.07, 6.45) is 5.55. The van der Waals surface area contributed by atoms with Crippen molar-refractivity contribution in [1.29, 1.82) is 0 Å². The molecule has 0 amide bonds. The number of nitrogens with zero attached hydrogens (tertiary/aromatic N) is 1. The van der Waals surface area contributed by atoms with Crippen LogP contribution in [0.25, 0.3) is 0 Å². The van der Waals surface area contributed by atoms with E-state index in [1.54, 1.807) is 12.1 Å². The fourth-order valence-corrected chi connectivity index (χ4v) is 4.06. The van der Waals surface area contributed by atoms with E-state index < -0.39 is 0 Å². The number of nitro benzene ring substituents is 1. The Morgan fingerprint density at radius 1 is 1.17 bits per heavy atom. The molecule has 0 aromatic heterocycles. The molecular weight excluding hydrogens is 356 g/mol. The number of non-ortho nitro benzene ring substituents is 1. The van der Waals surface area contributed by atoms with Crippen LogP contribution in [0.15, 0.2) is 59.1 Å². The molecule has 1 aliphatic carbocycles. The minimum absolute atomic E-state index is 0.133. The largest absolute Gasteiger partial charge is 0.378 e. The van der Waals surface area contributed by atoms with E-state index in [0.29, 0.717) is 11.8 Å². The molecule has 2 aromatic carbocycles. The first-order valence-corrected chi connectivity index (χ1v) is 8.40. The Morgan fingerprint density at radius 2 is 1.96 bits per heavy atom. The summed E-state index contributed by atoms with van der Waals surface area (Å²) in [6, 6.07) is 13.4. The standard InChI is InChI=1S/C18H15BrN2O2/c19-12-6-9-15-14-2-1-3-16(14)18(20-17(15)10-12)11-4-7-13(8-5-11)21(22)23/h1-2,4-10,14,16,18,20H,3H2/t14-,16-,18+/m0/s1. The Balaban J connectivity index is 1.73. The Hall–Kier alpha value is -2.14. The lowest BCUT2D eigenvalue weighted by Gasteiger charge is -2.37. The van der Waals surface area contributed by atoms with Gasteiger partial charge in [-0.15, -0.1) is 0 Å². The van der Waals surface area contributed by atoms with Gasteiger partial charge in [-0.2, -0.15) is 0 Å². The van der Waals surface area contributed by atoms with E-state index in [4.69, 9.17) is 0 Å². The molecule has 0 radical (unpaired) electrons. The molecule has 0 bridgehead atoms. The number of benzene rings is 2. The van der Waals surface area contributed by atoms with Crippen LogP contribution in [-0.2, 0) is 0 Å². The summed E-state index contributed by atoms with van der Waals surface area (Å²) < 4.78 is 1.05. The quantitative estimate of drug-likeness (QED) is 0.449. The summed E-state index contributed by atoms with van der Waals surface area (Å²) >= 11 is 3.53. The lowest BCUT2D eigenvalue weighted by atomic mass is 9.77. The molecule has 0 saturated carbocycles. The summed E-state index contributed by atoms with van der Waals surface area (Å²) in [7, 11) is 0. The molecule has 4 rings (SSSR count). The van der Waals surface area contributed by atoms with Gasteiger partial charge in [-0.25, -0.2) is 0 Å². The van der Waals surface area contributed by atoms with E-state index in [2.05, 4.69) is 51.6 Å². The van der Waals surface area contributed by atoms with Crippen molar-refractivity contribution in [3.63, 3.8) is 0 Å². The molecule has 0 saturated heterocycles. The molecule has 4 nitrogen and oxygen atoms in total. The highest BCUT2D eigenvalue weighted by molar-refractivity contribution is 9.10. The van der Waals surface area contributed by atoms with Crippen molar-refractivity contribution in [2.45, 2.75) is 18.4 Å². The third-order valence-electron chi connectivity index (χ3n) is 4.79. The summed E-state index contributed by atoms with van der Waals surface area (Å²) in [5.41, 5.74) is 3.69. The minimum atomic E-state index is -0.357. The van der Waals surface area contributed by atoms with Gasteiger partial charge in [0.25, 0.3) is 5.69 Å². The molecule has 116 valence electrons. The van der Waals surface area contributed by atoms with Crippen LogP contribution in [-0.4, -0.2) is 4.92 Å². The molecular formula is C18H15BrN2O2. The maximum Gasteiger partial charge on any atom is 0.269 e. The third kappa shape index (κ3) is 2.45. The van der Waals surface area contributed by atoms with Gasteiger partial charge in [0, 0.05) is 28.2 Å². The predicted molar refractivity (Wildman–Crippen MR) is 93.6 cm³/mol.